The van der Waals surface area contributed by atoms with Crippen LogP contribution in [-0.4, -0.2) is 13.0 Å². The summed E-state index contributed by atoms with van der Waals surface area (Å²) in [6.45, 7) is 4.11. The first-order valence-corrected chi connectivity index (χ1v) is 8.38. The maximum Gasteiger partial charge on any atom is 0.268 e. The second kappa shape index (κ2) is 6.39. The lowest BCUT2D eigenvalue weighted by Gasteiger charge is -2.16. The summed E-state index contributed by atoms with van der Waals surface area (Å²) in [4.78, 5) is 16.2. The molecule has 1 amide bonds. The Bertz CT molecular complexity index is 816. The van der Waals surface area contributed by atoms with E-state index in [9.17, 15) is 4.79 Å². The van der Waals surface area contributed by atoms with Crippen molar-refractivity contribution in [2.24, 2.45) is 0 Å². The number of anilines is 1. The van der Waals surface area contributed by atoms with E-state index < -0.39 is 0 Å². The van der Waals surface area contributed by atoms with Crippen LogP contribution < -0.4 is 4.90 Å². The van der Waals surface area contributed by atoms with Crippen LogP contribution in [0.5, 0.6) is 0 Å². The predicted octanol–water partition coefficient (Wildman–Crippen LogP) is 5.31. The lowest BCUT2D eigenvalue weighted by molar-refractivity contribution is 0.0997. The van der Waals surface area contributed by atoms with E-state index in [0.29, 0.717) is 0 Å². The van der Waals surface area contributed by atoms with Crippen molar-refractivity contribution in [3.05, 3.63) is 76.7 Å². The van der Waals surface area contributed by atoms with Gasteiger partial charge in [0.2, 0.25) is 0 Å². The molecule has 3 rings (SSSR count). The molecule has 1 aromatic heterocycles. The number of nitrogens with zero attached hydrogens (tertiary/aromatic N) is 1. The molecule has 23 heavy (non-hydrogen) atoms. The molecule has 0 unspecified atom stereocenters. The Labute approximate surface area is 141 Å². The first-order chi connectivity index (χ1) is 11.0. The van der Waals surface area contributed by atoms with Crippen LogP contribution in [0.3, 0.4) is 0 Å². The average Bonchev–Trinajstić information content (AvgIpc) is 3.05. The molecule has 0 saturated heterocycles. The molecule has 0 fully saturated rings. The average molecular weight is 321 g/mol. The van der Waals surface area contributed by atoms with Crippen LogP contribution in [0.15, 0.2) is 60.7 Å². The van der Waals surface area contributed by atoms with Crippen molar-refractivity contribution in [2.45, 2.75) is 13.8 Å². The zero-order valence-electron chi connectivity index (χ0n) is 13.5. The van der Waals surface area contributed by atoms with Crippen LogP contribution in [0.25, 0.3) is 10.4 Å². The van der Waals surface area contributed by atoms with Crippen molar-refractivity contribution in [1.29, 1.82) is 0 Å². The molecule has 2 aromatic carbocycles. The summed E-state index contributed by atoms with van der Waals surface area (Å²) >= 11 is 1.53. The van der Waals surface area contributed by atoms with E-state index in [1.54, 1.807) is 4.90 Å². The Morgan fingerprint density at radius 1 is 0.826 bits per heavy atom. The molecule has 116 valence electrons. The minimum absolute atomic E-state index is 0.0252. The highest BCUT2D eigenvalue weighted by molar-refractivity contribution is 7.17. The predicted molar refractivity (Wildman–Crippen MR) is 98.4 cm³/mol. The molecule has 0 aliphatic heterocycles. The number of carbonyl (C=O) groups excluding carboxylic acids is 1. The molecular weight excluding hydrogens is 302 g/mol. The van der Waals surface area contributed by atoms with Gasteiger partial charge in [-0.2, -0.15) is 0 Å². The van der Waals surface area contributed by atoms with Crippen LogP contribution in [0.1, 0.15) is 20.8 Å². The van der Waals surface area contributed by atoms with Gasteiger partial charge >= 0.3 is 0 Å². The number of rotatable bonds is 3. The van der Waals surface area contributed by atoms with Crippen molar-refractivity contribution in [3.8, 4) is 10.4 Å². The summed E-state index contributed by atoms with van der Waals surface area (Å²) in [5.41, 5.74) is 4.48. The van der Waals surface area contributed by atoms with Gasteiger partial charge < -0.3 is 4.90 Å². The van der Waals surface area contributed by atoms with Gasteiger partial charge in [0.05, 0.1) is 4.88 Å². The summed E-state index contributed by atoms with van der Waals surface area (Å²) in [6.07, 6.45) is 0. The van der Waals surface area contributed by atoms with Gasteiger partial charge in [0, 0.05) is 17.6 Å². The third-order valence-corrected chi connectivity index (χ3v) is 5.00. The Kier molecular flexibility index (Phi) is 4.30. The van der Waals surface area contributed by atoms with Crippen molar-refractivity contribution < 1.29 is 4.79 Å². The molecule has 0 N–H and O–H groups in total. The Morgan fingerprint density at radius 2 is 1.39 bits per heavy atom. The normalized spacial score (nSPS) is 10.6. The standard InChI is InChI=1S/C20H19NOS/c1-14-4-8-16(9-5-14)18-12-13-19(23-18)20(22)21(3)17-10-6-15(2)7-11-17/h4-13H,1-3H3. The highest BCUT2D eigenvalue weighted by atomic mass is 32.1. The molecule has 3 aromatic rings. The molecule has 2 nitrogen and oxygen atoms in total. The number of thiophene rings is 1. The Morgan fingerprint density at radius 3 is 2.00 bits per heavy atom. The van der Waals surface area contributed by atoms with Gasteiger partial charge in [0.25, 0.3) is 5.91 Å². The molecule has 0 aliphatic carbocycles. The molecule has 0 radical (unpaired) electrons. The fraction of sp³-hybridized carbons (Fsp3) is 0.150. The maximum atomic E-state index is 12.7. The van der Waals surface area contributed by atoms with E-state index in [0.717, 1.165) is 21.0 Å². The van der Waals surface area contributed by atoms with Crippen molar-refractivity contribution >= 4 is 22.9 Å². The number of amides is 1. The van der Waals surface area contributed by atoms with Gasteiger partial charge in [-0.3, -0.25) is 4.79 Å². The van der Waals surface area contributed by atoms with Gasteiger partial charge in [-0.1, -0.05) is 47.5 Å². The molecular formula is C20H19NOS. The maximum absolute atomic E-state index is 12.7. The summed E-state index contributed by atoms with van der Waals surface area (Å²) in [5, 5.41) is 0. The van der Waals surface area contributed by atoms with Gasteiger partial charge in [0.1, 0.15) is 0 Å². The summed E-state index contributed by atoms with van der Waals surface area (Å²) in [6, 6.07) is 20.3. The van der Waals surface area contributed by atoms with Crippen molar-refractivity contribution in [2.75, 3.05) is 11.9 Å². The molecule has 1 heterocycles. The zero-order valence-corrected chi connectivity index (χ0v) is 14.4. The quantitative estimate of drug-likeness (QED) is 0.640. The van der Waals surface area contributed by atoms with Crippen LogP contribution >= 0.6 is 11.3 Å². The van der Waals surface area contributed by atoms with Crippen LogP contribution in [0, 0.1) is 13.8 Å². The minimum atomic E-state index is 0.0252. The molecule has 0 saturated carbocycles. The van der Waals surface area contributed by atoms with Gasteiger partial charge in [-0.25, -0.2) is 0 Å². The number of hydrogen-bond donors (Lipinski definition) is 0. The van der Waals surface area contributed by atoms with Gasteiger partial charge in [0.15, 0.2) is 0 Å². The second-order valence-electron chi connectivity index (χ2n) is 5.73. The monoisotopic (exact) mass is 321 g/mol. The molecule has 0 bridgehead atoms. The Hall–Kier alpha value is -2.39. The minimum Gasteiger partial charge on any atom is -0.311 e. The number of benzene rings is 2. The Balaban J connectivity index is 1.83. The lowest BCUT2D eigenvalue weighted by Crippen LogP contribution is -2.25. The van der Waals surface area contributed by atoms with E-state index >= 15 is 0 Å². The molecule has 3 heteroatoms. The fourth-order valence-corrected chi connectivity index (χ4v) is 3.36. The number of carbonyl (C=O) groups is 1. The summed E-state index contributed by atoms with van der Waals surface area (Å²) in [7, 11) is 1.82. The summed E-state index contributed by atoms with van der Waals surface area (Å²) in [5.74, 6) is 0.0252. The highest BCUT2D eigenvalue weighted by Gasteiger charge is 2.16. The number of aryl methyl sites for hydroxylation is 2. The SMILES string of the molecule is Cc1ccc(-c2ccc(C(=O)N(C)c3ccc(C)cc3)s2)cc1. The topological polar surface area (TPSA) is 20.3 Å². The summed E-state index contributed by atoms with van der Waals surface area (Å²) < 4.78 is 0. The van der Waals surface area contributed by atoms with E-state index in [-0.39, 0.29) is 5.91 Å². The fourth-order valence-electron chi connectivity index (χ4n) is 2.38. The second-order valence-corrected chi connectivity index (χ2v) is 6.81. The van der Waals surface area contributed by atoms with Gasteiger partial charge in [-0.15, -0.1) is 11.3 Å². The van der Waals surface area contributed by atoms with Crippen LogP contribution in [0.2, 0.25) is 0 Å². The van der Waals surface area contributed by atoms with Crippen LogP contribution in [0.4, 0.5) is 5.69 Å². The zero-order chi connectivity index (χ0) is 16.4. The van der Waals surface area contributed by atoms with Gasteiger partial charge in [-0.05, 0) is 43.7 Å². The molecule has 0 spiro atoms. The largest absolute Gasteiger partial charge is 0.311 e. The van der Waals surface area contributed by atoms with E-state index in [2.05, 4.69) is 31.2 Å². The highest BCUT2D eigenvalue weighted by Crippen LogP contribution is 2.29. The third-order valence-electron chi connectivity index (χ3n) is 3.88. The van der Waals surface area contributed by atoms with E-state index in [4.69, 9.17) is 0 Å². The molecule has 0 aliphatic rings. The first kappa shape index (κ1) is 15.5. The van der Waals surface area contributed by atoms with Crippen LogP contribution in [-0.2, 0) is 0 Å². The van der Waals surface area contributed by atoms with Crippen molar-refractivity contribution in [1.82, 2.24) is 0 Å². The van der Waals surface area contributed by atoms with E-state index in [1.165, 1.54) is 22.5 Å². The van der Waals surface area contributed by atoms with E-state index in [1.807, 2.05) is 50.4 Å². The lowest BCUT2D eigenvalue weighted by atomic mass is 10.1. The van der Waals surface area contributed by atoms with Crippen molar-refractivity contribution in [3.63, 3.8) is 0 Å². The third kappa shape index (κ3) is 3.35. The smallest absolute Gasteiger partial charge is 0.268 e. The number of hydrogen-bond acceptors (Lipinski definition) is 2. The molecule has 0 atom stereocenters. The first-order valence-electron chi connectivity index (χ1n) is 7.56.